The Morgan fingerprint density at radius 2 is 2.26 bits per heavy atom. The van der Waals surface area contributed by atoms with Crippen LogP contribution in [0.3, 0.4) is 0 Å². The summed E-state index contributed by atoms with van der Waals surface area (Å²) in [6.07, 6.45) is 0. The first-order valence-electron chi connectivity index (χ1n) is 5.85. The highest BCUT2D eigenvalue weighted by Crippen LogP contribution is 2.18. The molecule has 1 aromatic heterocycles. The first-order valence-corrected chi connectivity index (χ1v) is 6.73. The van der Waals surface area contributed by atoms with Gasteiger partial charge in [0.25, 0.3) is 5.91 Å². The van der Waals surface area contributed by atoms with Crippen LogP contribution in [0.5, 0.6) is 0 Å². The van der Waals surface area contributed by atoms with E-state index in [1.165, 1.54) is 11.3 Å². The van der Waals surface area contributed by atoms with Gasteiger partial charge in [0, 0.05) is 11.3 Å². The lowest BCUT2D eigenvalue weighted by Gasteiger charge is -2.07. The van der Waals surface area contributed by atoms with Crippen LogP contribution in [-0.4, -0.2) is 12.5 Å². The molecule has 2 rings (SSSR count). The second-order valence-electron chi connectivity index (χ2n) is 3.97. The third kappa shape index (κ3) is 3.44. The van der Waals surface area contributed by atoms with Gasteiger partial charge in [0.15, 0.2) is 0 Å². The highest BCUT2D eigenvalue weighted by atomic mass is 32.1. The fourth-order valence-electron chi connectivity index (χ4n) is 1.58. The zero-order valence-electron chi connectivity index (χ0n) is 10.6. The zero-order chi connectivity index (χ0) is 13.7. The summed E-state index contributed by atoms with van der Waals surface area (Å²) in [6.45, 7) is 2.27. The number of hydrogen-bond donors (Lipinski definition) is 2. The average Bonchev–Trinajstić information content (AvgIpc) is 2.93. The molecule has 96 valence electrons. The van der Waals surface area contributed by atoms with Crippen molar-refractivity contribution in [1.82, 2.24) is 0 Å². The summed E-state index contributed by atoms with van der Waals surface area (Å²) in [6, 6.07) is 9.37. The number of hydrogen-bond acceptors (Lipinski definition) is 3. The molecule has 3 nitrogen and oxygen atoms in total. The van der Waals surface area contributed by atoms with Crippen molar-refractivity contribution in [2.45, 2.75) is 6.92 Å². The zero-order valence-corrected chi connectivity index (χ0v) is 11.4. The van der Waals surface area contributed by atoms with Crippen molar-refractivity contribution in [3.8, 4) is 11.8 Å². The minimum atomic E-state index is -0.0953. The van der Waals surface area contributed by atoms with Gasteiger partial charge in [0.1, 0.15) is 0 Å². The van der Waals surface area contributed by atoms with Crippen molar-refractivity contribution in [3.63, 3.8) is 0 Å². The smallest absolute Gasteiger partial charge is 0.265 e. The molecule has 0 saturated heterocycles. The molecule has 0 aliphatic carbocycles. The Morgan fingerprint density at radius 3 is 2.95 bits per heavy atom. The predicted octanol–water partition coefficient (Wildman–Crippen LogP) is 2.62. The maximum atomic E-state index is 12.0. The fourth-order valence-corrected chi connectivity index (χ4v) is 2.20. The summed E-state index contributed by atoms with van der Waals surface area (Å²) in [5.74, 6) is 5.66. The molecule has 19 heavy (non-hydrogen) atoms. The van der Waals surface area contributed by atoms with Gasteiger partial charge in [0.05, 0.1) is 11.4 Å². The standard InChI is InChI=1S/C15H14N2OS/c1-11-6-7-12(4-2-8-16)10-13(11)17-15(18)14-5-3-9-19-14/h3,5-7,9-10H,8,16H2,1H3,(H,17,18). The van der Waals surface area contributed by atoms with Gasteiger partial charge in [-0.25, -0.2) is 0 Å². The fraction of sp³-hybridized carbons (Fsp3) is 0.133. The van der Waals surface area contributed by atoms with Crippen LogP contribution < -0.4 is 11.1 Å². The van der Waals surface area contributed by atoms with Crippen LogP contribution in [0.1, 0.15) is 20.8 Å². The number of nitrogens with two attached hydrogens (primary N) is 1. The van der Waals surface area contributed by atoms with Crippen LogP contribution in [-0.2, 0) is 0 Å². The lowest BCUT2D eigenvalue weighted by Crippen LogP contribution is -2.11. The van der Waals surface area contributed by atoms with E-state index in [4.69, 9.17) is 5.73 Å². The molecule has 0 unspecified atom stereocenters. The molecule has 1 aromatic carbocycles. The molecule has 0 aliphatic heterocycles. The minimum absolute atomic E-state index is 0.0953. The summed E-state index contributed by atoms with van der Waals surface area (Å²) in [5, 5.41) is 4.78. The van der Waals surface area contributed by atoms with Crippen molar-refractivity contribution < 1.29 is 4.79 Å². The van der Waals surface area contributed by atoms with E-state index in [-0.39, 0.29) is 5.91 Å². The molecule has 1 heterocycles. The minimum Gasteiger partial charge on any atom is -0.321 e. The summed E-state index contributed by atoms with van der Waals surface area (Å²) in [7, 11) is 0. The van der Waals surface area contributed by atoms with Gasteiger partial charge in [-0.15, -0.1) is 11.3 Å². The van der Waals surface area contributed by atoms with Crippen molar-refractivity contribution in [1.29, 1.82) is 0 Å². The van der Waals surface area contributed by atoms with E-state index in [9.17, 15) is 4.79 Å². The topological polar surface area (TPSA) is 55.1 Å². The van der Waals surface area contributed by atoms with E-state index in [1.54, 1.807) is 6.07 Å². The Balaban J connectivity index is 2.22. The van der Waals surface area contributed by atoms with E-state index < -0.39 is 0 Å². The number of nitrogens with one attached hydrogen (secondary N) is 1. The maximum Gasteiger partial charge on any atom is 0.265 e. The van der Waals surface area contributed by atoms with Gasteiger partial charge in [-0.2, -0.15) is 0 Å². The van der Waals surface area contributed by atoms with Crippen LogP contribution in [0.15, 0.2) is 35.7 Å². The van der Waals surface area contributed by atoms with Crippen LogP contribution in [0.25, 0.3) is 0 Å². The molecule has 0 saturated carbocycles. The number of carbonyl (C=O) groups is 1. The Morgan fingerprint density at radius 1 is 1.42 bits per heavy atom. The second-order valence-corrected chi connectivity index (χ2v) is 4.91. The molecule has 2 aromatic rings. The van der Waals surface area contributed by atoms with Crippen LogP contribution in [0.2, 0.25) is 0 Å². The lowest BCUT2D eigenvalue weighted by atomic mass is 10.1. The number of thiophene rings is 1. The van der Waals surface area contributed by atoms with Crippen molar-refractivity contribution >= 4 is 22.9 Å². The number of amides is 1. The number of rotatable bonds is 2. The van der Waals surface area contributed by atoms with Gasteiger partial charge in [-0.05, 0) is 36.1 Å². The summed E-state index contributed by atoms with van der Waals surface area (Å²) in [5.41, 5.74) is 7.97. The molecule has 1 amide bonds. The average molecular weight is 270 g/mol. The number of carbonyl (C=O) groups excluding carboxylic acids is 1. The van der Waals surface area contributed by atoms with Gasteiger partial charge < -0.3 is 11.1 Å². The lowest BCUT2D eigenvalue weighted by molar-refractivity contribution is 0.103. The van der Waals surface area contributed by atoms with E-state index in [1.807, 2.05) is 36.6 Å². The normalized spacial score (nSPS) is 9.58. The molecule has 0 aliphatic rings. The summed E-state index contributed by atoms with van der Waals surface area (Å²) in [4.78, 5) is 12.7. The number of aryl methyl sites for hydroxylation is 1. The Kier molecular flexibility index (Phi) is 4.35. The van der Waals surface area contributed by atoms with E-state index >= 15 is 0 Å². The maximum absolute atomic E-state index is 12.0. The predicted molar refractivity (Wildman–Crippen MR) is 79.4 cm³/mol. The molecule has 0 atom stereocenters. The Hall–Kier alpha value is -2.09. The first-order chi connectivity index (χ1) is 9.20. The molecule has 0 radical (unpaired) electrons. The molecule has 3 N–H and O–H groups in total. The van der Waals surface area contributed by atoms with Gasteiger partial charge in [-0.3, -0.25) is 4.79 Å². The van der Waals surface area contributed by atoms with Crippen LogP contribution >= 0.6 is 11.3 Å². The van der Waals surface area contributed by atoms with E-state index in [2.05, 4.69) is 17.2 Å². The van der Waals surface area contributed by atoms with Gasteiger partial charge in [0.2, 0.25) is 0 Å². The summed E-state index contributed by atoms with van der Waals surface area (Å²) >= 11 is 1.42. The molecule has 0 bridgehead atoms. The molecule has 4 heteroatoms. The largest absolute Gasteiger partial charge is 0.321 e. The summed E-state index contributed by atoms with van der Waals surface area (Å²) < 4.78 is 0. The highest BCUT2D eigenvalue weighted by molar-refractivity contribution is 7.12. The molecule has 0 spiro atoms. The van der Waals surface area contributed by atoms with E-state index in [0.29, 0.717) is 11.4 Å². The Bertz CT molecular complexity index is 636. The van der Waals surface area contributed by atoms with Gasteiger partial charge in [-0.1, -0.05) is 24.0 Å². The van der Waals surface area contributed by atoms with E-state index in [0.717, 1.165) is 16.8 Å². The molecule has 0 fully saturated rings. The van der Waals surface area contributed by atoms with Crippen molar-refractivity contribution in [3.05, 3.63) is 51.7 Å². The molecular formula is C15H14N2OS. The quantitative estimate of drug-likeness (QED) is 0.824. The second kappa shape index (κ2) is 6.19. The monoisotopic (exact) mass is 270 g/mol. The SMILES string of the molecule is Cc1ccc(C#CCN)cc1NC(=O)c1cccs1. The number of benzene rings is 1. The third-order valence-corrected chi connectivity index (χ3v) is 3.43. The highest BCUT2D eigenvalue weighted by Gasteiger charge is 2.08. The van der Waals surface area contributed by atoms with Crippen molar-refractivity contribution in [2.75, 3.05) is 11.9 Å². The third-order valence-electron chi connectivity index (χ3n) is 2.57. The number of anilines is 1. The van der Waals surface area contributed by atoms with Crippen LogP contribution in [0.4, 0.5) is 5.69 Å². The first kappa shape index (κ1) is 13.3. The van der Waals surface area contributed by atoms with Gasteiger partial charge >= 0.3 is 0 Å². The van der Waals surface area contributed by atoms with Crippen molar-refractivity contribution in [2.24, 2.45) is 5.73 Å². The Labute approximate surface area is 116 Å². The molecular weight excluding hydrogens is 256 g/mol. The van der Waals surface area contributed by atoms with Crippen LogP contribution in [0, 0.1) is 18.8 Å².